The van der Waals surface area contributed by atoms with E-state index >= 15 is 0 Å². The minimum atomic E-state index is 0.204. The van der Waals surface area contributed by atoms with Gasteiger partial charge in [0.25, 0.3) is 0 Å². The Bertz CT molecular complexity index is 565. The van der Waals surface area contributed by atoms with Crippen molar-refractivity contribution < 1.29 is 0 Å². The van der Waals surface area contributed by atoms with Crippen LogP contribution in [0.3, 0.4) is 0 Å². The number of aromatic nitrogens is 1. The van der Waals surface area contributed by atoms with Crippen molar-refractivity contribution in [3.05, 3.63) is 44.9 Å². The molecule has 0 bridgehead atoms. The van der Waals surface area contributed by atoms with Crippen molar-refractivity contribution in [1.82, 2.24) is 4.98 Å². The number of rotatable bonds is 3. The molecule has 0 spiro atoms. The summed E-state index contributed by atoms with van der Waals surface area (Å²) in [6.45, 7) is 0. The number of thioether (sulfide) groups is 1. The predicted octanol–water partition coefficient (Wildman–Crippen LogP) is 4.42. The van der Waals surface area contributed by atoms with Gasteiger partial charge in [0.05, 0.1) is 11.4 Å². The van der Waals surface area contributed by atoms with Crippen LogP contribution in [0.2, 0.25) is 5.02 Å². The van der Waals surface area contributed by atoms with E-state index in [0.717, 1.165) is 23.6 Å². The molecule has 1 aliphatic rings. The fourth-order valence-electron chi connectivity index (χ4n) is 2.24. The zero-order valence-electron chi connectivity index (χ0n) is 10.4. The van der Waals surface area contributed by atoms with Crippen LogP contribution in [0.5, 0.6) is 0 Å². The molecule has 3 rings (SSSR count). The van der Waals surface area contributed by atoms with Gasteiger partial charge in [-0.05, 0) is 43.5 Å². The quantitative estimate of drug-likeness (QED) is 0.853. The van der Waals surface area contributed by atoms with Gasteiger partial charge in [0.1, 0.15) is 5.01 Å². The zero-order chi connectivity index (χ0) is 13.2. The molecule has 5 heteroatoms. The number of halogens is 1. The van der Waals surface area contributed by atoms with Crippen molar-refractivity contribution >= 4 is 34.7 Å². The Kier molecular flexibility index (Phi) is 4.12. The monoisotopic (exact) mass is 310 g/mol. The van der Waals surface area contributed by atoms with Gasteiger partial charge in [-0.1, -0.05) is 11.6 Å². The smallest absolute Gasteiger partial charge is 0.103 e. The highest BCUT2D eigenvalue weighted by Gasteiger charge is 2.21. The lowest BCUT2D eigenvalue weighted by Gasteiger charge is -2.15. The van der Waals surface area contributed by atoms with Crippen molar-refractivity contribution in [2.75, 3.05) is 0 Å². The maximum atomic E-state index is 6.13. The van der Waals surface area contributed by atoms with E-state index in [-0.39, 0.29) is 6.04 Å². The molecule has 1 aliphatic carbocycles. The van der Waals surface area contributed by atoms with Gasteiger partial charge in [-0.2, -0.15) is 0 Å². The molecule has 100 valence electrons. The van der Waals surface area contributed by atoms with Gasteiger partial charge in [-0.3, -0.25) is 0 Å². The topological polar surface area (TPSA) is 38.9 Å². The molecule has 0 saturated carbocycles. The van der Waals surface area contributed by atoms with Gasteiger partial charge in [0.15, 0.2) is 0 Å². The molecule has 1 heterocycles. The molecule has 0 amide bonds. The van der Waals surface area contributed by atoms with Crippen LogP contribution in [-0.2, 0) is 12.2 Å². The third kappa shape index (κ3) is 3.14. The number of benzene rings is 1. The van der Waals surface area contributed by atoms with Crippen molar-refractivity contribution in [2.24, 2.45) is 5.73 Å². The maximum Gasteiger partial charge on any atom is 0.103 e. The van der Waals surface area contributed by atoms with Crippen LogP contribution < -0.4 is 5.73 Å². The van der Waals surface area contributed by atoms with E-state index in [1.54, 1.807) is 23.1 Å². The molecule has 1 atom stereocenters. The van der Waals surface area contributed by atoms with Gasteiger partial charge >= 0.3 is 0 Å². The number of aryl methyl sites for hydroxylation is 1. The number of nitrogens with zero attached hydrogens (tertiary/aromatic N) is 1. The van der Waals surface area contributed by atoms with Crippen LogP contribution in [0.1, 0.15) is 34.5 Å². The van der Waals surface area contributed by atoms with Crippen LogP contribution in [0.25, 0.3) is 0 Å². The molecule has 1 aromatic heterocycles. The largest absolute Gasteiger partial charge is 0.323 e. The highest BCUT2D eigenvalue weighted by molar-refractivity contribution is 7.98. The first-order valence-corrected chi connectivity index (χ1v) is 8.53. The van der Waals surface area contributed by atoms with Crippen molar-refractivity contribution in [2.45, 2.75) is 36.0 Å². The number of nitrogens with two attached hydrogens (primary N) is 1. The normalized spacial score (nSPS) is 18.3. The lowest BCUT2D eigenvalue weighted by molar-refractivity contribution is 0.573. The molecule has 2 aromatic rings. The zero-order valence-corrected chi connectivity index (χ0v) is 12.8. The molecular weight excluding hydrogens is 296 g/mol. The van der Waals surface area contributed by atoms with Crippen molar-refractivity contribution in [3.63, 3.8) is 0 Å². The summed E-state index contributed by atoms with van der Waals surface area (Å²) in [4.78, 5) is 7.25. The summed E-state index contributed by atoms with van der Waals surface area (Å²) in [5.41, 5.74) is 7.36. The van der Waals surface area contributed by atoms with E-state index < -0.39 is 0 Å². The fourth-order valence-corrected chi connectivity index (χ4v) is 4.41. The number of hydrogen-bond acceptors (Lipinski definition) is 4. The van der Waals surface area contributed by atoms with E-state index in [2.05, 4.69) is 0 Å². The third-order valence-corrected chi connectivity index (χ3v) is 5.90. The Balaban J connectivity index is 1.69. The van der Waals surface area contributed by atoms with E-state index in [1.165, 1.54) is 26.9 Å². The third-order valence-electron chi connectivity index (χ3n) is 3.21. The van der Waals surface area contributed by atoms with Gasteiger partial charge in [0.2, 0.25) is 0 Å². The second kappa shape index (κ2) is 5.83. The highest BCUT2D eigenvalue weighted by Crippen LogP contribution is 2.35. The summed E-state index contributed by atoms with van der Waals surface area (Å²) in [6.07, 6.45) is 3.35. The van der Waals surface area contributed by atoms with Crippen molar-refractivity contribution in [1.29, 1.82) is 0 Å². The van der Waals surface area contributed by atoms with Crippen LogP contribution >= 0.6 is 34.7 Å². The Morgan fingerprint density at radius 2 is 2.16 bits per heavy atom. The number of hydrogen-bond donors (Lipinski definition) is 1. The summed E-state index contributed by atoms with van der Waals surface area (Å²) >= 11 is 9.46. The first kappa shape index (κ1) is 13.4. The lowest BCUT2D eigenvalue weighted by atomic mass is 9.99. The average Bonchev–Trinajstić information content (AvgIpc) is 2.83. The summed E-state index contributed by atoms with van der Waals surface area (Å²) in [6, 6.07) is 8.15. The van der Waals surface area contributed by atoms with Crippen molar-refractivity contribution in [3.8, 4) is 0 Å². The highest BCUT2D eigenvalue weighted by atomic mass is 35.5. The Morgan fingerprint density at radius 1 is 1.37 bits per heavy atom. The lowest BCUT2D eigenvalue weighted by Crippen LogP contribution is -2.15. The maximum absolute atomic E-state index is 6.13. The fraction of sp³-hybridized carbons (Fsp3) is 0.357. The minimum Gasteiger partial charge on any atom is -0.323 e. The Morgan fingerprint density at radius 3 is 2.89 bits per heavy atom. The summed E-state index contributed by atoms with van der Waals surface area (Å²) in [7, 11) is 0. The second-order valence-electron chi connectivity index (χ2n) is 4.66. The van der Waals surface area contributed by atoms with E-state index in [9.17, 15) is 0 Å². The molecule has 0 saturated heterocycles. The van der Waals surface area contributed by atoms with Gasteiger partial charge in [-0.25, -0.2) is 4.98 Å². The van der Waals surface area contributed by atoms with Gasteiger partial charge < -0.3 is 5.73 Å². The first-order chi connectivity index (χ1) is 9.22. The molecule has 0 fully saturated rings. The van der Waals surface area contributed by atoms with Crippen LogP contribution in [0, 0.1) is 0 Å². The molecular formula is C14H15ClN2S2. The van der Waals surface area contributed by atoms with Gasteiger partial charge in [-0.15, -0.1) is 23.1 Å². The van der Waals surface area contributed by atoms with Crippen LogP contribution in [-0.4, -0.2) is 4.98 Å². The summed E-state index contributed by atoms with van der Waals surface area (Å²) in [5.74, 6) is 0.909. The van der Waals surface area contributed by atoms with Crippen LogP contribution in [0.4, 0.5) is 0 Å². The van der Waals surface area contributed by atoms with E-state index in [0.29, 0.717) is 0 Å². The molecule has 2 nitrogen and oxygen atoms in total. The molecule has 0 aliphatic heterocycles. The Hall–Kier alpha value is -0.550. The molecule has 2 N–H and O–H groups in total. The number of fused-ring (bicyclic) bond motifs is 1. The standard InChI is InChI=1S/C14H15ClN2S2/c15-9-4-6-10(7-5-9)18-8-13-17-12-3-1-2-11(16)14(12)19-13/h4-7,11H,1-3,8,16H2. The molecule has 0 radical (unpaired) electrons. The van der Waals surface area contributed by atoms with E-state index in [4.69, 9.17) is 22.3 Å². The molecule has 19 heavy (non-hydrogen) atoms. The number of thiazole rings is 1. The second-order valence-corrected chi connectivity index (χ2v) is 7.26. The summed E-state index contributed by atoms with van der Waals surface area (Å²) in [5, 5.41) is 1.96. The van der Waals surface area contributed by atoms with E-state index in [1.807, 2.05) is 24.3 Å². The SMILES string of the molecule is NC1CCCc2nc(CSc3ccc(Cl)cc3)sc21. The molecule has 1 unspecified atom stereocenters. The average molecular weight is 311 g/mol. The Labute approximate surface area is 126 Å². The summed E-state index contributed by atoms with van der Waals surface area (Å²) < 4.78 is 0. The predicted molar refractivity (Wildman–Crippen MR) is 83.0 cm³/mol. The molecule has 1 aromatic carbocycles. The first-order valence-electron chi connectivity index (χ1n) is 6.35. The van der Waals surface area contributed by atoms with Gasteiger partial charge in [0, 0.05) is 20.8 Å². The van der Waals surface area contributed by atoms with Crippen LogP contribution in [0.15, 0.2) is 29.2 Å². The minimum absolute atomic E-state index is 0.204.